The number of aryl methyl sites for hydroxylation is 1. The van der Waals surface area contributed by atoms with Crippen molar-refractivity contribution in [3.05, 3.63) is 24.1 Å². The number of aromatic nitrogens is 1. The largest absolute Gasteiger partial charge is 0.463 e. The van der Waals surface area contributed by atoms with Crippen LogP contribution in [0.3, 0.4) is 0 Å². The van der Waals surface area contributed by atoms with Crippen LogP contribution in [0.1, 0.15) is 5.69 Å². The first kappa shape index (κ1) is 9.79. The molecule has 5 heteroatoms. The van der Waals surface area contributed by atoms with E-state index in [0.29, 0.717) is 0 Å². The van der Waals surface area contributed by atoms with Gasteiger partial charge in [0.2, 0.25) is 0 Å². The lowest BCUT2D eigenvalue weighted by molar-refractivity contribution is -0.145. The number of nitrogens with zero attached hydrogens (tertiary/aromatic N) is 1. The van der Waals surface area contributed by atoms with Crippen LogP contribution in [0.5, 0.6) is 0 Å². The standard InChI is InChI=1S/C10H12N2O3/c1-7-4-9-8(2-3-14-9)12(7)6-15-10(13)5-11/h2-4H,5-6,11H2,1H3. The van der Waals surface area contributed by atoms with E-state index in [4.69, 9.17) is 14.9 Å². The molecule has 0 radical (unpaired) electrons. The number of fused-ring (bicyclic) bond motifs is 1. The van der Waals surface area contributed by atoms with E-state index in [0.717, 1.165) is 16.8 Å². The number of rotatable bonds is 3. The Labute approximate surface area is 86.4 Å². The third-order valence-electron chi connectivity index (χ3n) is 2.25. The number of hydrogen-bond donors (Lipinski definition) is 1. The SMILES string of the molecule is Cc1cc2occc2n1COC(=O)CN. The predicted molar refractivity (Wildman–Crippen MR) is 54.1 cm³/mol. The van der Waals surface area contributed by atoms with E-state index in [1.807, 2.05) is 23.6 Å². The topological polar surface area (TPSA) is 70.4 Å². The first-order valence-corrected chi connectivity index (χ1v) is 4.61. The van der Waals surface area contributed by atoms with Gasteiger partial charge in [-0.15, -0.1) is 0 Å². The molecule has 0 bridgehead atoms. The van der Waals surface area contributed by atoms with Gasteiger partial charge in [-0.3, -0.25) is 4.79 Å². The van der Waals surface area contributed by atoms with Gasteiger partial charge in [0.05, 0.1) is 18.3 Å². The highest BCUT2D eigenvalue weighted by molar-refractivity contribution is 5.75. The van der Waals surface area contributed by atoms with Gasteiger partial charge in [0.1, 0.15) is 0 Å². The van der Waals surface area contributed by atoms with Crippen molar-refractivity contribution in [1.82, 2.24) is 4.57 Å². The molecule has 0 aliphatic carbocycles. The second-order valence-electron chi connectivity index (χ2n) is 3.23. The fraction of sp³-hybridized carbons (Fsp3) is 0.300. The van der Waals surface area contributed by atoms with Crippen molar-refractivity contribution < 1.29 is 13.9 Å². The molecule has 0 aliphatic heterocycles. The summed E-state index contributed by atoms with van der Waals surface area (Å²) in [6, 6.07) is 3.73. The Morgan fingerprint density at radius 2 is 2.47 bits per heavy atom. The quantitative estimate of drug-likeness (QED) is 0.764. The second-order valence-corrected chi connectivity index (χ2v) is 3.23. The van der Waals surface area contributed by atoms with E-state index in [2.05, 4.69) is 0 Å². The first-order chi connectivity index (χ1) is 7.22. The van der Waals surface area contributed by atoms with Crippen molar-refractivity contribution in [3.63, 3.8) is 0 Å². The third-order valence-corrected chi connectivity index (χ3v) is 2.25. The van der Waals surface area contributed by atoms with Gasteiger partial charge in [0.25, 0.3) is 0 Å². The van der Waals surface area contributed by atoms with E-state index in [-0.39, 0.29) is 13.3 Å². The van der Waals surface area contributed by atoms with Gasteiger partial charge in [-0.05, 0) is 6.92 Å². The average Bonchev–Trinajstić information content (AvgIpc) is 2.75. The van der Waals surface area contributed by atoms with Crippen LogP contribution in [-0.4, -0.2) is 17.1 Å². The fourth-order valence-electron chi connectivity index (χ4n) is 1.47. The lowest BCUT2D eigenvalue weighted by Gasteiger charge is -2.07. The molecule has 5 nitrogen and oxygen atoms in total. The third kappa shape index (κ3) is 1.73. The molecule has 15 heavy (non-hydrogen) atoms. The molecular formula is C10H12N2O3. The summed E-state index contributed by atoms with van der Waals surface area (Å²) in [5, 5.41) is 0. The van der Waals surface area contributed by atoms with Crippen LogP contribution < -0.4 is 5.73 Å². The molecular weight excluding hydrogens is 196 g/mol. The lowest BCUT2D eigenvalue weighted by Crippen LogP contribution is -2.18. The molecule has 0 amide bonds. The minimum Gasteiger partial charge on any atom is -0.463 e. The van der Waals surface area contributed by atoms with Gasteiger partial charge in [-0.2, -0.15) is 0 Å². The molecule has 2 N–H and O–H groups in total. The highest BCUT2D eigenvalue weighted by atomic mass is 16.5. The Balaban J connectivity index is 2.22. The van der Waals surface area contributed by atoms with Crippen LogP contribution in [0.15, 0.2) is 22.8 Å². The number of hydrogen-bond acceptors (Lipinski definition) is 4. The van der Waals surface area contributed by atoms with E-state index < -0.39 is 5.97 Å². The highest BCUT2D eigenvalue weighted by Gasteiger charge is 2.09. The average molecular weight is 208 g/mol. The van der Waals surface area contributed by atoms with Crippen LogP contribution in [0, 0.1) is 6.92 Å². The number of nitrogens with two attached hydrogens (primary N) is 1. The van der Waals surface area contributed by atoms with Crippen molar-refractivity contribution in [2.45, 2.75) is 13.7 Å². The molecule has 2 aromatic heterocycles. The van der Waals surface area contributed by atoms with Crippen molar-refractivity contribution >= 4 is 17.1 Å². The number of ether oxygens (including phenoxy) is 1. The summed E-state index contributed by atoms with van der Waals surface area (Å²) in [5.41, 5.74) is 7.82. The molecule has 0 atom stereocenters. The first-order valence-electron chi connectivity index (χ1n) is 4.61. The molecule has 0 unspecified atom stereocenters. The van der Waals surface area contributed by atoms with Crippen molar-refractivity contribution in [3.8, 4) is 0 Å². The zero-order valence-corrected chi connectivity index (χ0v) is 8.40. The van der Waals surface area contributed by atoms with E-state index in [9.17, 15) is 4.79 Å². The number of carbonyl (C=O) groups excluding carboxylic acids is 1. The zero-order valence-electron chi connectivity index (χ0n) is 8.40. The molecule has 0 aromatic carbocycles. The van der Waals surface area contributed by atoms with E-state index in [1.165, 1.54) is 0 Å². The Morgan fingerprint density at radius 1 is 1.67 bits per heavy atom. The number of esters is 1. The van der Waals surface area contributed by atoms with Crippen molar-refractivity contribution in [2.75, 3.05) is 6.54 Å². The van der Waals surface area contributed by atoms with Crippen LogP contribution in [0.4, 0.5) is 0 Å². The summed E-state index contributed by atoms with van der Waals surface area (Å²) < 4.78 is 12.0. The maximum absolute atomic E-state index is 10.9. The lowest BCUT2D eigenvalue weighted by atomic mass is 10.5. The summed E-state index contributed by atoms with van der Waals surface area (Å²) in [6.07, 6.45) is 1.60. The molecule has 0 saturated carbocycles. The number of carbonyl (C=O) groups is 1. The molecule has 0 saturated heterocycles. The molecule has 2 heterocycles. The molecule has 0 aliphatic rings. The summed E-state index contributed by atoms with van der Waals surface area (Å²) in [5.74, 6) is -0.417. The Morgan fingerprint density at radius 3 is 3.20 bits per heavy atom. The summed E-state index contributed by atoms with van der Waals surface area (Å²) in [4.78, 5) is 10.9. The summed E-state index contributed by atoms with van der Waals surface area (Å²) >= 11 is 0. The molecule has 0 fully saturated rings. The summed E-state index contributed by atoms with van der Waals surface area (Å²) in [7, 11) is 0. The molecule has 80 valence electrons. The van der Waals surface area contributed by atoms with Gasteiger partial charge in [0.15, 0.2) is 12.3 Å². The van der Waals surface area contributed by atoms with Gasteiger partial charge in [0, 0.05) is 17.8 Å². The van der Waals surface area contributed by atoms with Gasteiger partial charge < -0.3 is 19.5 Å². The van der Waals surface area contributed by atoms with Gasteiger partial charge in [-0.1, -0.05) is 0 Å². The summed E-state index contributed by atoms with van der Waals surface area (Å²) in [6.45, 7) is 1.99. The molecule has 2 rings (SSSR count). The Hall–Kier alpha value is -1.75. The van der Waals surface area contributed by atoms with Crippen LogP contribution >= 0.6 is 0 Å². The van der Waals surface area contributed by atoms with Crippen LogP contribution in [0.2, 0.25) is 0 Å². The van der Waals surface area contributed by atoms with Crippen LogP contribution in [0.25, 0.3) is 11.1 Å². The highest BCUT2D eigenvalue weighted by Crippen LogP contribution is 2.20. The Bertz CT molecular complexity index is 484. The minimum atomic E-state index is -0.417. The van der Waals surface area contributed by atoms with E-state index in [1.54, 1.807) is 6.26 Å². The monoisotopic (exact) mass is 208 g/mol. The Kier molecular flexibility index (Phi) is 2.47. The molecule has 0 spiro atoms. The predicted octanol–water partition coefficient (Wildman–Crippen LogP) is 1.00. The van der Waals surface area contributed by atoms with E-state index >= 15 is 0 Å². The fourth-order valence-corrected chi connectivity index (χ4v) is 1.47. The number of furan rings is 1. The van der Waals surface area contributed by atoms with Crippen molar-refractivity contribution in [1.29, 1.82) is 0 Å². The second kappa shape index (κ2) is 3.78. The maximum Gasteiger partial charge on any atom is 0.321 e. The van der Waals surface area contributed by atoms with Gasteiger partial charge in [-0.25, -0.2) is 0 Å². The smallest absolute Gasteiger partial charge is 0.321 e. The van der Waals surface area contributed by atoms with Crippen molar-refractivity contribution in [2.24, 2.45) is 5.73 Å². The molecule has 2 aromatic rings. The van der Waals surface area contributed by atoms with Gasteiger partial charge >= 0.3 is 5.97 Å². The minimum absolute atomic E-state index is 0.102. The maximum atomic E-state index is 10.9. The van der Waals surface area contributed by atoms with Crippen LogP contribution in [-0.2, 0) is 16.3 Å². The normalized spacial score (nSPS) is 10.8. The zero-order chi connectivity index (χ0) is 10.8.